The van der Waals surface area contributed by atoms with Gasteiger partial charge in [-0.3, -0.25) is 4.79 Å². The molecule has 34 heavy (non-hydrogen) atoms. The Morgan fingerprint density at radius 2 is 2.00 bits per heavy atom. The molecule has 1 aromatic carbocycles. The van der Waals surface area contributed by atoms with Crippen molar-refractivity contribution in [1.29, 1.82) is 0 Å². The molecule has 0 aliphatic carbocycles. The van der Waals surface area contributed by atoms with E-state index in [-0.39, 0.29) is 23.9 Å². The van der Waals surface area contributed by atoms with Crippen LogP contribution >= 0.6 is 24.4 Å². The molecule has 0 aliphatic heterocycles. The van der Waals surface area contributed by atoms with Crippen LogP contribution in [0.2, 0.25) is 0 Å². The third kappa shape index (κ3) is 8.43. The van der Waals surface area contributed by atoms with Crippen molar-refractivity contribution in [2.45, 2.75) is 18.5 Å². The summed E-state index contributed by atoms with van der Waals surface area (Å²) < 4.78 is 5.63. The summed E-state index contributed by atoms with van der Waals surface area (Å²) in [7, 11) is 0. The zero-order valence-corrected chi connectivity index (χ0v) is 20.3. The Morgan fingerprint density at radius 1 is 1.24 bits per heavy atom. The van der Waals surface area contributed by atoms with Crippen LogP contribution in [0.3, 0.4) is 0 Å². The number of pyridine rings is 1. The molecule has 0 radical (unpaired) electrons. The standard InChI is InChI=1S/C22H28N4O6S2/c1-34-8-7-18(22(30)31)25-19(27)11-32-20-17(24-10-15(23)12-33)6-5-16(26-20)13-3-2-4-14(9-13)21(28)29/h2-6,9,15,18,24,33H,7-8,10-12,23H2,1H3,(H,25,27)(H,28,29)(H,30,31)/t15?,18-/m0/s1. The first-order chi connectivity index (χ1) is 16.2. The van der Waals surface area contributed by atoms with E-state index >= 15 is 0 Å². The Labute approximate surface area is 207 Å². The number of carboxylic acids is 2. The molecule has 0 spiro atoms. The van der Waals surface area contributed by atoms with Gasteiger partial charge in [-0.1, -0.05) is 12.1 Å². The summed E-state index contributed by atoms with van der Waals surface area (Å²) in [4.78, 5) is 39.5. The Balaban J connectivity index is 2.23. The number of thiol groups is 1. The Morgan fingerprint density at radius 3 is 2.65 bits per heavy atom. The highest BCUT2D eigenvalue weighted by molar-refractivity contribution is 7.98. The van der Waals surface area contributed by atoms with Crippen LogP contribution in [0.15, 0.2) is 36.4 Å². The molecule has 10 nitrogen and oxygen atoms in total. The zero-order valence-electron chi connectivity index (χ0n) is 18.6. The van der Waals surface area contributed by atoms with Crippen molar-refractivity contribution in [3.63, 3.8) is 0 Å². The Kier molecular flexibility index (Phi) is 11.0. The minimum absolute atomic E-state index is 0.0933. The lowest BCUT2D eigenvalue weighted by Crippen LogP contribution is -2.43. The molecule has 2 atom stereocenters. The molecule has 2 rings (SSSR count). The van der Waals surface area contributed by atoms with Crippen molar-refractivity contribution in [3.05, 3.63) is 42.0 Å². The maximum Gasteiger partial charge on any atom is 0.335 e. The van der Waals surface area contributed by atoms with Gasteiger partial charge in [0.05, 0.1) is 16.9 Å². The van der Waals surface area contributed by atoms with Crippen molar-refractivity contribution >= 4 is 47.9 Å². The number of nitrogens with zero attached hydrogens (tertiary/aromatic N) is 1. The number of aromatic nitrogens is 1. The van der Waals surface area contributed by atoms with Crippen LogP contribution in [0.25, 0.3) is 11.3 Å². The summed E-state index contributed by atoms with van der Waals surface area (Å²) in [6.07, 6.45) is 2.13. The highest BCUT2D eigenvalue weighted by Crippen LogP contribution is 2.28. The van der Waals surface area contributed by atoms with E-state index in [1.54, 1.807) is 24.3 Å². The number of anilines is 1. The van der Waals surface area contributed by atoms with Gasteiger partial charge in [0.25, 0.3) is 5.91 Å². The van der Waals surface area contributed by atoms with Gasteiger partial charge in [-0.15, -0.1) is 0 Å². The Hall–Kier alpha value is -2.96. The first-order valence-electron chi connectivity index (χ1n) is 10.3. The van der Waals surface area contributed by atoms with Crippen molar-refractivity contribution < 1.29 is 29.3 Å². The second-order valence-electron chi connectivity index (χ2n) is 7.29. The second-order valence-corrected chi connectivity index (χ2v) is 8.64. The molecule has 1 unspecified atom stereocenters. The van der Waals surface area contributed by atoms with Gasteiger partial charge in [-0.05, 0) is 42.7 Å². The van der Waals surface area contributed by atoms with Gasteiger partial charge in [-0.2, -0.15) is 24.4 Å². The Bertz CT molecular complexity index is 1010. The highest BCUT2D eigenvalue weighted by atomic mass is 32.2. The maximum absolute atomic E-state index is 12.3. The number of carbonyl (C=O) groups excluding carboxylic acids is 1. The predicted octanol–water partition coefficient (Wildman–Crippen LogP) is 1.82. The number of thioether (sulfide) groups is 1. The summed E-state index contributed by atoms with van der Waals surface area (Å²) in [5.41, 5.74) is 7.47. The summed E-state index contributed by atoms with van der Waals surface area (Å²) in [6.45, 7) is -0.0840. The SMILES string of the molecule is CSCC[C@H](NC(=O)COc1nc(-c2cccc(C(=O)O)c2)ccc1NCC(N)CS)C(=O)O. The lowest BCUT2D eigenvalue weighted by Gasteiger charge is -2.17. The molecule has 0 aliphatic rings. The van der Waals surface area contributed by atoms with Crippen LogP contribution < -0.4 is 21.1 Å². The molecule has 2 aromatic rings. The molecule has 1 heterocycles. The molecular weight excluding hydrogens is 480 g/mol. The monoisotopic (exact) mass is 508 g/mol. The van der Waals surface area contributed by atoms with Crippen LogP contribution in [0, 0.1) is 0 Å². The highest BCUT2D eigenvalue weighted by Gasteiger charge is 2.20. The maximum atomic E-state index is 12.3. The van der Waals surface area contributed by atoms with Crippen molar-refractivity contribution in [3.8, 4) is 17.1 Å². The predicted molar refractivity (Wildman–Crippen MR) is 135 cm³/mol. The number of benzene rings is 1. The van der Waals surface area contributed by atoms with Gasteiger partial charge in [-0.25, -0.2) is 14.6 Å². The molecule has 0 fully saturated rings. The molecule has 0 saturated heterocycles. The molecule has 0 saturated carbocycles. The number of nitrogens with two attached hydrogens (primary N) is 1. The van der Waals surface area contributed by atoms with Crippen molar-refractivity contribution in [1.82, 2.24) is 10.3 Å². The van der Waals surface area contributed by atoms with E-state index in [2.05, 4.69) is 28.2 Å². The van der Waals surface area contributed by atoms with Crippen molar-refractivity contribution in [2.24, 2.45) is 5.73 Å². The molecule has 0 bridgehead atoms. The largest absolute Gasteiger partial charge is 0.480 e. The molecule has 1 aromatic heterocycles. The molecule has 184 valence electrons. The van der Waals surface area contributed by atoms with Gasteiger partial charge in [0, 0.05) is 23.9 Å². The van der Waals surface area contributed by atoms with E-state index in [9.17, 15) is 24.6 Å². The number of aromatic carboxylic acids is 1. The van der Waals surface area contributed by atoms with Crippen LogP contribution in [-0.4, -0.2) is 76.0 Å². The average molecular weight is 509 g/mol. The first-order valence-corrected chi connectivity index (χ1v) is 12.4. The topological polar surface area (TPSA) is 164 Å². The summed E-state index contributed by atoms with van der Waals surface area (Å²) in [5, 5.41) is 24.1. The number of hydrogen-bond donors (Lipinski definition) is 6. The van der Waals surface area contributed by atoms with Crippen molar-refractivity contribution in [2.75, 3.05) is 36.2 Å². The molecule has 6 N–H and O–H groups in total. The first kappa shape index (κ1) is 27.3. The lowest BCUT2D eigenvalue weighted by atomic mass is 10.1. The number of carboxylic acid groups (broad SMARTS) is 2. The van der Waals surface area contributed by atoms with Gasteiger partial charge >= 0.3 is 11.9 Å². The fourth-order valence-electron chi connectivity index (χ4n) is 2.83. The molecule has 12 heteroatoms. The van der Waals surface area contributed by atoms with Crippen LogP contribution in [0.1, 0.15) is 16.8 Å². The minimum Gasteiger partial charge on any atom is -0.480 e. The van der Waals surface area contributed by atoms with Gasteiger partial charge in [0.2, 0.25) is 5.88 Å². The zero-order chi connectivity index (χ0) is 25.1. The molecule has 1 amide bonds. The third-order valence-electron chi connectivity index (χ3n) is 4.64. The van der Waals surface area contributed by atoms with E-state index in [0.29, 0.717) is 35.0 Å². The van der Waals surface area contributed by atoms with Crippen LogP contribution in [0.4, 0.5) is 5.69 Å². The summed E-state index contributed by atoms with van der Waals surface area (Å²) >= 11 is 5.64. The number of nitrogens with one attached hydrogen (secondary N) is 2. The number of ether oxygens (including phenoxy) is 1. The lowest BCUT2D eigenvalue weighted by molar-refractivity contribution is -0.142. The van der Waals surface area contributed by atoms with Gasteiger partial charge in [0.15, 0.2) is 6.61 Å². The van der Waals surface area contributed by atoms with E-state index in [4.69, 9.17) is 10.5 Å². The van der Waals surface area contributed by atoms with Crippen LogP contribution in [0.5, 0.6) is 5.88 Å². The van der Waals surface area contributed by atoms with Gasteiger partial charge < -0.3 is 31.3 Å². The quantitative estimate of drug-likeness (QED) is 0.207. The third-order valence-corrected chi connectivity index (χ3v) is 5.75. The normalized spacial score (nSPS) is 12.4. The minimum atomic E-state index is -1.12. The fourth-order valence-corrected chi connectivity index (χ4v) is 3.43. The average Bonchev–Trinajstić information content (AvgIpc) is 2.83. The van der Waals surface area contributed by atoms with Gasteiger partial charge in [0.1, 0.15) is 6.04 Å². The van der Waals surface area contributed by atoms with E-state index in [1.807, 2.05) is 6.26 Å². The van der Waals surface area contributed by atoms with E-state index in [1.165, 1.54) is 23.9 Å². The molecular formula is C22H28N4O6S2. The number of aliphatic carboxylic acids is 1. The fraction of sp³-hybridized carbons (Fsp3) is 0.364. The summed E-state index contributed by atoms with van der Waals surface area (Å²) in [5.74, 6) is -1.67. The van der Waals surface area contributed by atoms with Crippen LogP contribution in [-0.2, 0) is 9.59 Å². The number of rotatable bonds is 14. The second kappa shape index (κ2) is 13.7. The van der Waals surface area contributed by atoms with E-state index in [0.717, 1.165) is 0 Å². The number of hydrogen-bond acceptors (Lipinski definition) is 9. The smallest absolute Gasteiger partial charge is 0.335 e. The van der Waals surface area contributed by atoms with E-state index < -0.39 is 30.5 Å². The number of amides is 1. The number of carbonyl (C=O) groups is 3. The summed E-state index contributed by atoms with van der Waals surface area (Å²) in [6, 6.07) is 8.38.